The van der Waals surface area contributed by atoms with Crippen molar-refractivity contribution in [2.45, 2.75) is 39.0 Å². The summed E-state index contributed by atoms with van der Waals surface area (Å²) in [5.74, 6) is -0.672. The fraction of sp³-hybridized carbons (Fsp3) is 0.250. The third-order valence-corrected chi connectivity index (χ3v) is 6.19. The normalized spacial score (nSPS) is 14.5. The SMILES string of the molecule is CCCCc1ccc(CC2(CC(=O)c3ccccc3)C(=O)c3ccccc3C2=O)cc1. The molecule has 1 aliphatic carbocycles. The fourth-order valence-electron chi connectivity index (χ4n) is 4.43. The molecule has 3 aromatic rings. The number of aryl methyl sites for hydroxylation is 1. The monoisotopic (exact) mass is 410 g/mol. The summed E-state index contributed by atoms with van der Waals surface area (Å²) in [5.41, 5.74) is 2.12. The van der Waals surface area contributed by atoms with E-state index < -0.39 is 5.41 Å². The van der Waals surface area contributed by atoms with Gasteiger partial charge >= 0.3 is 0 Å². The second kappa shape index (κ2) is 8.81. The molecule has 4 rings (SSSR count). The molecular weight excluding hydrogens is 384 g/mol. The van der Waals surface area contributed by atoms with E-state index in [1.54, 1.807) is 48.5 Å². The van der Waals surface area contributed by atoms with Gasteiger partial charge in [0, 0.05) is 23.1 Å². The van der Waals surface area contributed by atoms with Gasteiger partial charge in [-0.25, -0.2) is 0 Å². The van der Waals surface area contributed by atoms with Crippen LogP contribution in [0.5, 0.6) is 0 Å². The average Bonchev–Trinajstić information content (AvgIpc) is 3.01. The van der Waals surface area contributed by atoms with Crippen LogP contribution < -0.4 is 0 Å². The topological polar surface area (TPSA) is 51.2 Å². The second-order valence-electron chi connectivity index (χ2n) is 8.35. The minimum absolute atomic E-state index is 0.124. The van der Waals surface area contributed by atoms with Gasteiger partial charge in [0.15, 0.2) is 17.3 Å². The number of fused-ring (bicyclic) bond motifs is 1. The van der Waals surface area contributed by atoms with Crippen molar-refractivity contribution in [3.8, 4) is 0 Å². The molecule has 156 valence electrons. The third-order valence-electron chi connectivity index (χ3n) is 6.19. The molecule has 0 heterocycles. The first-order valence-electron chi connectivity index (χ1n) is 10.9. The van der Waals surface area contributed by atoms with E-state index in [1.165, 1.54) is 5.56 Å². The summed E-state index contributed by atoms with van der Waals surface area (Å²) in [6.07, 6.45) is 3.37. The summed E-state index contributed by atoms with van der Waals surface area (Å²) < 4.78 is 0. The Kier molecular flexibility index (Phi) is 5.94. The van der Waals surface area contributed by atoms with Gasteiger partial charge in [0.05, 0.1) is 0 Å². The Hall–Kier alpha value is -3.33. The highest BCUT2D eigenvalue weighted by Crippen LogP contribution is 2.43. The Balaban J connectivity index is 1.69. The van der Waals surface area contributed by atoms with Crippen LogP contribution in [0.3, 0.4) is 0 Å². The van der Waals surface area contributed by atoms with Crippen LogP contribution in [-0.2, 0) is 12.8 Å². The van der Waals surface area contributed by atoms with Gasteiger partial charge in [0.1, 0.15) is 5.41 Å². The summed E-state index contributed by atoms with van der Waals surface area (Å²) >= 11 is 0. The lowest BCUT2D eigenvalue weighted by Gasteiger charge is -2.25. The molecule has 31 heavy (non-hydrogen) atoms. The van der Waals surface area contributed by atoms with Gasteiger partial charge in [-0.15, -0.1) is 0 Å². The maximum atomic E-state index is 13.5. The molecule has 0 aliphatic heterocycles. The number of carbonyl (C=O) groups is 3. The predicted molar refractivity (Wildman–Crippen MR) is 122 cm³/mol. The molecule has 0 fully saturated rings. The van der Waals surface area contributed by atoms with Crippen molar-refractivity contribution in [2.24, 2.45) is 5.41 Å². The predicted octanol–water partition coefficient (Wildman–Crippen LogP) is 5.91. The molecule has 1 aliphatic rings. The van der Waals surface area contributed by atoms with Gasteiger partial charge in [-0.2, -0.15) is 0 Å². The van der Waals surface area contributed by atoms with Crippen LogP contribution in [0, 0.1) is 5.41 Å². The maximum Gasteiger partial charge on any atom is 0.178 e. The van der Waals surface area contributed by atoms with Gasteiger partial charge < -0.3 is 0 Å². The summed E-state index contributed by atoms with van der Waals surface area (Å²) in [4.78, 5) is 40.2. The molecule has 3 nitrogen and oxygen atoms in total. The fourth-order valence-corrected chi connectivity index (χ4v) is 4.43. The smallest absolute Gasteiger partial charge is 0.178 e. The molecule has 0 aromatic heterocycles. The first-order chi connectivity index (χ1) is 15.0. The van der Waals surface area contributed by atoms with Crippen LogP contribution >= 0.6 is 0 Å². The Labute approximate surface area is 183 Å². The number of carbonyl (C=O) groups excluding carboxylic acids is 3. The van der Waals surface area contributed by atoms with Crippen molar-refractivity contribution in [1.29, 1.82) is 0 Å². The van der Waals surface area contributed by atoms with Crippen LogP contribution in [0.25, 0.3) is 0 Å². The molecule has 0 atom stereocenters. The molecule has 0 saturated carbocycles. The van der Waals surface area contributed by atoms with Crippen molar-refractivity contribution in [2.75, 3.05) is 0 Å². The van der Waals surface area contributed by atoms with E-state index in [0.29, 0.717) is 16.7 Å². The van der Waals surface area contributed by atoms with Crippen molar-refractivity contribution in [1.82, 2.24) is 0 Å². The van der Waals surface area contributed by atoms with Gasteiger partial charge in [-0.3, -0.25) is 14.4 Å². The van der Waals surface area contributed by atoms with Crippen molar-refractivity contribution in [3.05, 3.63) is 107 Å². The van der Waals surface area contributed by atoms with Gasteiger partial charge in [-0.05, 0) is 30.4 Å². The highest BCUT2D eigenvalue weighted by molar-refractivity contribution is 6.31. The lowest BCUT2D eigenvalue weighted by molar-refractivity contribution is 0.0642. The van der Waals surface area contributed by atoms with E-state index in [4.69, 9.17) is 0 Å². The molecule has 3 aromatic carbocycles. The molecule has 0 bridgehead atoms. The minimum atomic E-state index is -1.39. The standard InChI is InChI=1S/C28H26O3/c1-2-3-9-20-14-16-21(17-15-20)18-28(19-25(29)22-10-5-4-6-11-22)26(30)23-12-7-8-13-24(23)27(28)31/h4-8,10-17H,2-3,9,18-19H2,1H3. The number of benzene rings is 3. The van der Waals surface area contributed by atoms with E-state index in [2.05, 4.69) is 19.1 Å². The Morgan fingerprint density at radius 1 is 0.742 bits per heavy atom. The first kappa shape index (κ1) is 20.9. The third kappa shape index (κ3) is 4.00. The molecular formula is C28H26O3. The Bertz CT molecular complexity index is 1080. The van der Waals surface area contributed by atoms with Crippen molar-refractivity contribution >= 4 is 17.3 Å². The lowest BCUT2D eigenvalue weighted by atomic mass is 9.72. The molecule has 0 amide bonds. The van der Waals surface area contributed by atoms with Crippen LogP contribution in [0.4, 0.5) is 0 Å². The van der Waals surface area contributed by atoms with Crippen LogP contribution in [0.2, 0.25) is 0 Å². The number of Topliss-reactive ketones (excluding diaryl/α,β-unsaturated/α-hetero) is 3. The van der Waals surface area contributed by atoms with E-state index in [-0.39, 0.29) is 30.2 Å². The van der Waals surface area contributed by atoms with E-state index in [9.17, 15) is 14.4 Å². The Morgan fingerprint density at radius 3 is 1.87 bits per heavy atom. The van der Waals surface area contributed by atoms with Gasteiger partial charge in [0.25, 0.3) is 0 Å². The highest BCUT2D eigenvalue weighted by Gasteiger charge is 2.53. The van der Waals surface area contributed by atoms with Gasteiger partial charge in [0.2, 0.25) is 0 Å². The summed E-state index contributed by atoms with van der Waals surface area (Å²) in [7, 11) is 0. The number of ketones is 3. The largest absolute Gasteiger partial charge is 0.294 e. The van der Waals surface area contributed by atoms with E-state index in [0.717, 1.165) is 24.8 Å². The summed E-state index contributed by atoms with van der Waals surface area (Å²) in [5, 5.41) is 0. The lowest BCUT2D eigenvalue weighted by Crippen LogP contribution is -2.38. The zero-order valence-electron chi connectivity index (χ0n) is 17.8. The zero-order chi connectivity index (χ0) is 21.8. The van der Waals surface area contributed by atoms with Crippen LogP contribution in [0.1, 0.15) is 68.4 Å². The maximum absolute atomic E-state index is 13.5. The highest BCUT2D eigenvalue weighted by atomic mass is 16.2. The summed E-state index contributed by atoms with van der Waals surface area (Å²) in [6.45, 7) is 2.16. The molecule has 0 unspecified atom stereocenters. The molecule has 3 heteroatoms. The van der Waals surface area contributed by atoms with Crippen molar-refractivity contribution < 1.29 is 14.4 Å². The number of hydrogen-bond acceptors (Lipinski definition) is 3. The quantitative estimate of drug-likeness (QED) is 0.343. The van der Waals surface area contributed by atoms with Crippen LogP contribution in [0.15, 0.2) is 78.9 Å². The average molecular weight is 411 g/mol. The second-order valence-corrected chi connectivity index (χ2v) is 8.35. The Morgan fingerprint density at radius 2 is 1.29 bits per heavy atom. The van der Waals surface area contributed by atoms with Crippen LogP contribution in [-0.4, -0.2) is 17.3 Å². The van der Waals surface area contributed by atoms with Crippen molar-refractivity contribution in [3.63, 3.8) is 0 Å². The van der Waals surface area contributed by atoms with E-state index >= 15 is 0 Å². The zero-order valence-corrected chi connectivity index (χ0v) is 17.8. The molecule has 0 saturated heterocycles. The molecule has 0 spiro atoms. The number of hydrogen-bond donors (Lipinski definition) is 0. The van der Waals surface area contributed by atoms with Gasteiger partial charge in [-0.1, -0.05) is 92.2 Å². The number of rotatable bonds is 8. The summed E-state index contributed by atoms with van der Waals surface area (Å²) in [6, 6.07) is 23.9. The minimum Gasteiger partial charge on any atom is -0.294 e. The molecule has 0 radical (unpaired) electrons. The molecule has 0 N–H and O–H groups in total. The number of unbranched alkanes of at least 4 members (excludes halogenated alkanes) is 1. The first-order valence-corrected chi connectivity index (χ1v) is 10.9. The van der Waals surface area contributed by atoms with E-state index in [1.807, 2.05) is 18.2 Å².